The first-order valence-electron chi connectivity index (χ1n) is 8.92. The number of benzene rings is 2. The molecule has 1 aliphatic heterocycles. The van der Waals surface area contributed by atoms with Crippen LogP contribution >= 0.6 is 11.8 Å². The second-order valence-electron chi connectivity index (χ2n) is 6.66. The van der Waals surface area contributed by atoms with Crippen LogP contribution < -0.4 is 10.9 Å². The Hall–Kier alpha value is -3.26. The molecule has 152 valence electrons. The molecule has 3 aromatic rings. The van der Waals surface area contributed by atoms with E-state index in [1.807, 2.05) is 42.5 Å². The second-order valence-corrected chi connectivity index (χ2v) is 7.74. The van der Waals surface area contributed by atoms with E-state index in [2.05, 4.69) is 11.9 Å². The molecule has 1 atom stereocenters. The number of hydrogen-bond acceptors (Lipinski definition) is 3. The Morgan fingerprint density at radius 3 is 2.50 bits per heavy atom. The molecule has 0 saturated carbocycles. The minimum atomic E-state index is -4.70. The quantitative estimate of drug-likeness (QED) is 0.616. The molecule has 0 radical (unpaired) electrons. The second kappa shape index (κ2) is 7.53. The molecular formula is C22H15F3N2O2S. The van der Waals surface area contributed by atoms with Gasteiger partial charge in [-0.3, -0.25) is 9.59 Å². The maximum absolute atomic E-state index is 12.8. The van der Waals surface area contributed by atoms with Gasteiger partial charge in [0.25, 0.3) is 11.5 Å². The molecule has 0 spiro atoms. The van der Waals surface area contributed by atoms with Gasteiger partial charge in [0.05, 0.1) is 6.04 Å². The lowest BCUT2D eigenvalue weighted by atomic mass is 9.95. The van der Waals surface area contributed by atoms with Gasteiger partial charge in [0.1, 0.15) is 11.3 Å². The Bertz CT molecular complexity index is 1220. The van der Waals surface area contributed by atoms with E-state index in [-0.39, 0.29) is 5.56 Å². The van der Waals surface area contributed by atoms with Crippen molar-refractivity contribution in [2.24, 2.45) is 0 Å². The van der Waals surface area contributed by atoms with Crippen LogP contribution in [0.25, 0.3) is 6.08 Å². The van der Waals surface area contributed by atoms with E-state index in [1.54, 1.807) is 22.8 Å². The van der Waals surface area contributed by atoms with Gasteiger partial charge in [-0.1, -0.05) is 48.7 Å². The number of hydrogen-bond donors (Lipinski definition) is 2. The van der Waals surface area contributed by atoms with Crippen LogP contribution in [0.2, 0.25) is 0 Å². The molecule has 2 N–H and O–H groups in total. The molecule has 1 amide bonds. The zero-order chi connectivity index (χ0) is 21.5. The predicted molar refractivity (Wildman–Crippen MR) is 108 cm³/mol. The van der Waals surface area contributed by atoms with Crippen molar-refractivity contribution in [1.29, 1.82) is 0 Å². The molecule has 1 unspecified atom stereocenters. The third-order valence-corrected chi connectivity index (χ3v) is 5.95. The summed E-state index contributed by atoms with van der Waals surface area (Å²) in [6.45, 7) is 3.77. The highest BCUT2D eigenvalue weighted by molar-refractivity contribution is 7.99. The number of rotatable bonds is 3. The fourth-order valence-corrected chi connectivity index (χ4v) is 4.41. The lowest BCUT2D eigenvalue weighted by molar-refractivity contribution is -0.141. The zero-order valence-corrected chi connectivity index (χ0v) is 16.2. The number of H-pyrrole nitrogens is 1. The predicted octanol–water partition coefficient (Wildman–Crippen LogP) is 5.02. The zero-order valence-electron chi connectivity index (χ0n) is 15.4. The normalized spacial score (nSPS) is 15.1. The van der Waals surface area contributed by atoms with Crippen molar-refractivity contribution in [2.75, 3.05) is 0 Å². The molecule has 0 saturated heterocycles. The monoisotopic (exact) mass is 428 g/mol. The van der Waals surface area contributed by atoms with Gasteiger partial charge in [-0.15, -0.1) is 0 Å². The van der Waals surface area contributed by atoms with Gasteiger partial charge in [0.15, 0.2) is 0 Å². The topological polar surface area (TPSA) is 62.0 Å². The molecule has 0 aliphatic carbocycles. The summed E-state index contributed by atoms with van der Waals surface area (Å²) in [5.74, 6) is -0.758. The van der Waals surface area contributed by atoms with Crippen molar-refractivity contribution in [3.05, 3.63) is 99.5 Å². The van der Waals surface area contributed by atoms with Crippen molar-refractivity contribution in [2.45, 2.75) is 22.0 Å². The molecule has 4 rings (SSSR count). The van der Waals surface area contributed by atoms with Crippen LogP contribution in [0.3, 0.4) is 0 Å². The highest BCUT2D eigenvalue weighted by atomic mass is 32.2. The van der Waals surface area contributed by atoms with Crippen LogP contribution in [0.15, 0.2) is 75.8 Å². The van der Waals surface area contributed by atoms with Crippen molar-refractivity contribution in [3.8, 4) is 0 Å². The average Bonchev–Trinajstić information content (AvgIpc) is 2.72. The lowest BCUT2D eigenvalue weighted by Crippen LogP contribution is -2.35. The van der Waals surface area contributed by atoms with Gasteiger partial charge in [0, 0.05) is 9.79 Å². The first-order valence-corrected chi connectivity index (χ1v) is 9.74. The fourth-order valence-electron chi connectivity index (χ4n) is 3.29. The van der Waals surface area contributed by atoms with E-state index in [4.69, 9.17) is 0 Å². The van der Waals surface area contributed by atoms with E-state index in [0.29, 0.717) is 6.07 Å². The summed E-state index contributed by atoms with van der Waals surface area (Å²) in [4.78, 5) is 28.6. The largest absolute Gasteiger partial charge is 0.431 e. The summed E-state index contributed by atoms with van der Waals surface area (Å²) in [6.07, 6.45) is -3.02. The summed E-state index contributed by atoms with van der Waals surface area (Å²) in [6, 6.07) is 14.3. The SMILES string of the molecule is C=Cc1ccc2c(c1)C(NC(=O)c1ccc(C(F)(F)F)[nH]c1=O)c1ccccc1S2. The Morgan fingerprint density at radius 2 is 1.80 bits per heavy atom. The van der Waals surface area contributed by atoms with Crippen LogP contribution in [0, 0.1) is 0 Å². The molecule has 2 aromatic carbocycles. The molecule has 1 aromatic heterocycles. The third-order valence-electron chi connectivity index (χ3n) is 4.77. The van der Waals surface area contributed by atoms with Gasteiger partial charge in [0.2, 0.25) is 0 Å². The van der Waals surface area contributed by atoms with Crippen molar-refractivity contribution in [1.82, 2.24) is 10.3 Å². The molecule has 30 heavy (non-hydrogen) atoms. The Kier molecular flexibility index (Phi) is 5.03. The maximum Gasteiger partial charge on any atom is 0.431 e. The first kappa shape index (κ1) is 20.0. The van der Waals surface area contributed by atoms with Gasteiger partial charge in [-0.25, -0.2) is 0 Å². The Morgan fingerprint density at radius 1 is 1.07 bits per heavy atom. The highest BCUT2D eigenvalue weighted by Gasteiger charge is 2.33. The number of amides is 1. The number of halogens is 3. The smallest absolute Gasteiger partial charge is 0.341 e. The maximum atomic E-state index is 12.8. The van der Waals surface area contributed by atoms with E-state index in [9.17, 15) is 22.8 Å². The first-order chi connectivity index (χ1) is 14.3. The molecular weight excluding hydrogens is 413 g/mol. The summed E-state index contributed by atoms with van der Waals surface area (Å²) in [5.41, 5.74) is -0.161. The minimum Gasteiger partial charge on any atom is -0.341 e. The van der Waals surface area contributed by atoms with Gasteiger partial charge < -0.3 is 10.3 Å². The van der Waals surface area contributed by atoms with E-state index in [1.165, 1.54) is 0 Å². The van der Waals surface area contributed by atoms with Crippen LogP contribution in [0.5, 0.6) is 0 Å². The van der Waals surface area contributed by atoms with Crippen LogP contribution in [0.4, 0.5) is 13.2 Å². The minimum absolute atomic E-state index is 0.389. The number of aromatic nitrogens is 1. The van der Waals surface area contributed by atoms with Crippen LogP contribution in [0.1, 0.15) is 38.8 Å². The van der Waals surface area contributed by atoms with Crippen molar-refractivity contribution in [3.63, 3.8) is 0 Å². The highest BCUT2D eigenvalue weighted by Crippen LogP contribution is 2.45. The number of alkyl halides is 3. The standard InChI is InChI=1S/C22H15F3N2O2S/c1-2-12-7-9-17-15(11-12)19(13-5-3-4-6-16(13)30-17)27-21(29)14-8-10-18(22(23,24)25)26-20(14)28/h2-11,19H,1H2,(H,26,28)(H,27,29). The summed E-state index contributed by atoms with van der Waals surface area (Å²) < 4.78 is 38.4. The van der Waals surface area contributed by atoms with Crippen LogP contribution in [-0.4, -0.2) is 10.9 Å². The fraction of sp³-hybridized carbons (Fsp3) is 0.0909. The van der Waals surface area contributed by atoms with Crippen LogP contribution in [-0.2, 0) is 6.18 Å². The molecule has 0 fully saturated rings. The Labute approximate surface area is 173 Å². The van der Waals surface area contributed by atoms with Crippen molar-refractivity contribution < 1.29 is 18.0 Å². The summed E-state index contributed by atoms with van der Waals surface area (Å²) in [7, 11) is 0. The van der Waals surface area contributed by atoms with E-state index < -0.39 is 29.4 Å². The number of fused-ring (bicyclic) bond motifs is 2. The third kappa shape index (κ3) is 3.66. The number of nitrogens with one attached hydrogen (secondary N) is 2. The number of carbonyl (C=O) groups is 1. The van der Waals surface area contributed by atoms with Crippen molar-refractivity contribution >= 4 is 23.7 Å². The van der Waals surface area contributed by atoms with Gasteiger partial charge in [-0.2, -0.15) is 13.2 Å². The average molecular weight is 428 g/mol. The van der Waals surface area contributed by atoms with Gasteiger partial charge >= 0.3 is 6.18 Å². The lowest BCUT2D eigenvalue weighted by Gasteiger charge is -2.29. The number of pyridine rings is 1. The number of carbonyl (C=O) groups excluding carboxylic acids is 1. The van der Waals surface area contributed by atoms with Gasteiger partial charge in [-0.05, 0) is 47.0 Å². The summed E-state index contributed by atoms with van der Waals surface area (Å²) in [5, 5.41) is 2.81. The molecule has 4 nitrogen and oxygen atoms in total. The summed E-state index contributed by atoms with van der Waals surface area (Å²) >= 11 is 1.56. The molecule has 2 heterocycles. The Balaban J connectivity index is 1.74. The molecule has 1 aliphatic rings. The molecule has 0 bridgehead atoms. The molecule has 8 heteroatoms. The van der Waals surface area contributed by atoms with E-state index in [0.717, 1.165) is 32.5 Å². The number of aromatic amines is 1. The van der Waals surface area contributed by atoms with E-state index >= 15 is 0 Å².